The molecule has 10 bridgehead atoms. The fraction of sp³-hybridized carbons (Fsp3) is 0.944. The number of halogens is 12. The van der Waals surface area contributed by atoms with Crippen molar-refractivity contribution >= 4 is 29.8 Å². The monoisotopic (exact) mass is 1700 g/mol. The van der Waals surface area contributed by atoms with Gasteiger partial charge in [-0.1, -0.05) is 154 Å². The molecule has 12 unspecified atom stereocenters. The number of carbonyl (C=O) groups excluding carboxylic acids is 5. The topological polar surface area (TPSA) is 212 Å². The van der Waals surface area contributed by atoms with Gasteiger partial charge in [-0.3, -0.25) is 24.0 Å². The molecule has 1 spiro atoms. The first-order valence-electron chi connectivity index (χ1n) is 41.2. The fourth-order valence-corrected chi connectivity index (χ4v) is 17.9. The van der Waals surface area contributed by atoms with Crippen LogP contribution in [0.5, 0.6) is 0 Å². The predicted molar refractivity (Wildman–Crippen MR) is 438 cm³/mol. The summed E-state index contributed by atoms with van der Waals surface area (Å²) in [5.41, 5.74) is -12.0. The summed E-state index contributed by atoms with van der Waals surface area (Å²) in [6.07, 6.45) is -1.09. The molecule has 12 aliphatic rings. The summed E-state index contributed by atoms with van der Waals surface area (Å²) in [5.74, 6) is 5.50. The van der Waals surface area contributed by atoms with E-state index in [2.05, 4.69) is 74.0 Å². The molecule has 1 saturated heterocycles. The quantitative estimate of drug-likeness (QED) is 0.0606. The number of aliphatic hydroxyl groups excluding tert-OH is 1. The van der Waals surface area contributed by atoms with E-state index >= 15 is 0 Å². The van der Waals surface area contributed by atoms with Crippen LogP contribution in [-0.2, 0) is 47.7 Å². The lowest BCUT2D eigenvalue weighted by molar-refractivity contribution is -0.374. The highest BCUT2D eigenvalue weighted by molar-refractivity contribution is 5.77. The summed E-state index contributed by atoms with van der Waals surface area (Å²) in [5, 5.41) is 37.1. The van der Waals surface area contributed by atoms with Gasteiger partial charge < -0.3 is 44.1 Å². The van der Waals surface area contributed by atoms with Crippen molar-refractivity contribution in [1.29, 1.82) is 0 Å². The average molecular weight is 1700 g/mol. The third-order valence-corrected chi connectivity index (χ3v) is 24.8. The summed E-state index contributed by atoms with van der Waals surface area (Å²) >= 11 is 0. The lowest BCUT2D eigenvalue weighted by Gasteiger charge is -2.59. The van der Waals surface area contributed by atoms with Gasteiger partial charge in [0.2, 0.25) is 0 Å². The molecule has 14 nitrogen and oxygen atoms in total. The second kappa shape index (κ2) is 47.8. The average Bonchev–Trinajstić information content (AvgIpc) is 1.12. The van der Waals surface area contributed by atoms with E-state index in [1.807, 2.05) is 41.5 Å². The summed E-state index contributed by atoms with van der Waals surface area (Å²) < 4.78 is 176. The first kappa shape index (κ1) is 119. The first-order valence-corrected chi connectivity index (χ1v) is 41.2. The Morgan fingerprint density at radius 2 is 0.931 bits per heavy atom. The van der Waals surface area contributed by atoms with E-state index in [-0.39, 0.29) is 111 Å². The normalized spacial score (nSPS) is 28.1. The van der Waals surface area contributed by atoms with Gasteiger partial charge in [0.15, 0.2) is 0 Å². The SMILES string of the molecule is C.C.C.C.C.C.CC(C)C.CC(C)C.CC(C)C.CCC(C)(C)C(=O)OC(C)CC(O)(C(F)(F)F)C(F)(F)F.CCC(C)(C)C(=O)OC12CC3CC(CC(O)(C3)C1)C2.CCC(C)(C)C(=O)OCCO.CCC1(OC(=O)C2CC3CCC2C3)CCCC1.O=C1CC2(CO1)CC1CCC2C1.OC(CC1CC2CCC1C2)(C(F)(F)F)C(F)(F)F. The number of carbonyl (C=O) groups is 5. The molecular formula is C90H166F12O14. The van der Waals surface area contributed by atoms with E-state index in [1.165, 1.54) is 78.1 Å². The molecule has 0 amide bonds. The van der Waals surface area contributed by atoms with Crippen LogP contribution in [0.3, 0.4) is 0 Å². The number of rotatable bonds is 17. The van der Waals surface area contributed by atoms with E-state index in [0.717, 1.165) is 120 Å². The minimum atomic E-state index is -5.92. The van der Waals surface area contributed by atoms with Crippen molar-refractivity contribution in [3.8, 4) is 0 Å². The van der Waals surface area contributed by atoms with Crippen LogP contribution in [0.4, 0.5) is 52.7 Å². The molecule has 11 aliphatic carbocycles. The third-order valence-electron chi connectivity index (χ3n) is 24.8. The maximum Gasteiger partial charge on any atom is 0.426 e. The van der Waals surface area contributed by atoms with Gasteiger partial charge in [0.05, 0.1) is 47.4 Å². The van der Waals surface area contributed by atoms with Crippen LogP contribution in [0.2, 0.25) is 0 Å². The molecule has 694 valence electrons. The standard InChI is InChI=1S/C16H26O3.C15H24O2.C12H18F6O3.C11H14F6O.C10H14O2.C8H16O3.3C4H10.6CH4/c1-4-14(2,3)13(17)19-16-8-11-5-12(9-16)7-15(18,6-11)10-16;1-2-15(7-3-4-8-15)17-14(16)13-10-11-5-6-12(13)9-11;1-5-9(3,4)8(19)21-7(2)6-10(20,11(13,14)15)12(16,17)18;12-10(13,14)9(18,11(15,16)17)5-8-4-6-1-2-7(8)3-6;11-9-5-10(6-12-9)4-7-1-2-8(10)3-7;1-4-8(2,3)7(10)11-6-5-9;3*1-4(2)3;;;;;;/h11-12,18H,4-10H2,1-3H3;11-13H,2-10H2,1H3;7,20H,5-6H2,1-4H3;6-8,18H,1-5H2;7-8H,1-6H2;9H,4-6H2,1-3H3;3*4H,1-3H3;6*1H4. The zero-order valence-corrected chi connectivity index (χ0v) is 70.1. The van der Waals surface area contributed by atoms with E-state index in [4.69, 9.17) is 34.3 Å². The van der Waals surface area contributed by atoms with Gasteiger partial charge in [0.1, 0.15) is 23.9 Å². The molecule has 26 heteroatoms. The van der Waals surface area contributed by atoms with Crippen LogP contribution in [-0.4, -0.2) is 129 Å². The summed E-state index contributed by atoms with van der Waals surface area (Å²) in [6, 6.07) is 0. The highest BCUT2D eigenvalue weighted by atomic mass is 19.4. The molecular weight excluding hydrogens is 1530 g/mol. The van der Waals surface area contributed by atoms with Crippen molar-refractivity contribution < 1.29 is 121 Å². The summed E-state index contributed by atoms with van der Waals surface area (Å²) in [7, 11) is 0. The Morgan fingerprint density at radius 3 is 1.27 bits per heavy atom. The number of hydrogen-bond acceptors (Lipinski definition) is 14. The molecule has 116 heavy (non-hydrogen) atoms. The molecule has 0 radical (unpaired) electrons. The Balaban J connectivity index is -0.000000629. The van der Waals surface area contributed by atoms with Crippen LogP contribution < -0.4 is 0 Å². The number of alkyl halides is 12. The van der Waals surface area contributed by atoms with Crippen molar-refractivity contribution in [3.63, 3.8) is 0 Å². The number of aliphatic hydroxyl groups is 4. The van der Waals surface area contributed by atoms with E-state index < -0.39 is 88.6 Å². The molecule has 12 rings (SSSR count). The van der Waals surface area contributed by atoms with E-state index in [9.17, 15) is 81.8 Å². The smallest absolute Gasteiger partial charge is 0.426 e. The highest BCUT2D eigenvalue weighted by Gasteiger charge is 2.72. The van der Waals surface area contributed by atoms with Gasteiger partial charge >= 0.3 is 54.6 Å². The Labute approximate surface area is 694 Å². The molecule has 1 aliphatic heterocycles. The zero-order chi connectivity index (χ0) is 84.6. The van der Waals surface area contributed by atoms with Crippen LogP contribution >= 0.6 is 0 Å². The maximum atomic E-state index is 12.5. The third kappa shape index (κ3) is 33.5. The number of hydrogen-bond donors (Lipinski definition) is 4. The van der Waals surface area contributed by atoms with Gasteiger partial charge in [-0.05, 0) is 267 Å². The second-order valence-electron chi connectivity index (χ2n) is 38.5. The molecule has 0 aromatic rings. The Bertz CT molecular complexity index is 2780. The van der Waals surface area contributed by atoms with Crippen LogP contribution in [0, 0.1) is 98.6 Å². The molecule has 0 aromatic carbocycles. The van der Waals surface area contributed by atoms with Crippen LogP contribution in [0.15, 0.2) is 0 Å². The number of fused-ring (bicyclic) bond motifs is 7. The number of cyclic esters (lactones) is 1. The van der Waals surface area contributed by atoms with Crippen molar-refractivity contribution in [2.75, 3.05) is 19.8 Å². The van der Waals surface area contributed by atoms with Crippen molar-refractivity contribution in [2.24, 2.45) is 98.6 Å². The van der Waals surface area contributed by atoms with Crippen LogP contribution in [0.25, 0.3) is 0 Å². The summed E-state index contributed by atoms with van der Waals surface area (Å²) in [4.78, 5) is 58.5. The number of esters is 5. The Hall–Kier alpha value is -3.65. The fourth-order valence-electron chi connectivity index (χ4n) is 17.9. The largest absolute Gasteiger partial charge is 0.465 e. The second-order valence-corrected chi connectivity index (χ2v) is 38.5. The summed E-state index contributed by atoms with van der Waals surface area (Å²) in [6.45, 7) is 39.3. The molecule has 4 N–H and O–H groups in total. The molecule has 12 fully saturated rings. The molecule has 1 heterocycles. The lowest BCUT2D eigenvalue weighted by atomic mass is 9.52. The first-order chi connectivity index (χ1) is 50.1. The Kier molecular flexibility index (Phi) is 48.9. The molecule has 11 saturated carbocycles. The van der Waals surface area contributed by atoms with Crippen molar-refractivity contribution in [3.05, 3.63) is 0 Å². The number of ether oxygens (including phenoxy) is 5. The Morgan fingerprint density at radius 1 is 0.509 bits per heavy atom. The van der Waals surface area contributed by atoms with Gasteiger partial charge in [-0.15, -0.1) is 0 Å². The zero-order valence-electron chi connectivity index (χ0n) is 70.1. The predicted octanol–water partition coefficient (Wildman–Crippen LogP) is 25.5. The van der Waals surface area contributed by atoms with Gasteiger partial charge in [-0.25, -0.2) is 0 Å². The van der Waals surface area contributed by atoms with Crippen molar-refractivity contribution in [1.82, 2.24) is 0 Å². The highest BCUT2D eigenvalue weighted by Crippen LogP contribution is 2.62. The van der Waals surface area contributed by atoms with Gasteiger partial charge in [0.25, 0.3) is 11.2 Å². The van der Waals surface area contributed by atoms with E-state index in [1.54, 1.807) is 6.92 Å². The minimum Gasteiger partial charge on any atom is -0.465 e. The minimum absolute atomic E-state index is 0. The van der Waals surface area contributed by atoms with Crippen molar-refractivity contribution in [2.45, 2.75) is 428 Å². The van der Waals surface area contributed by atoms with Gasteiger partial charge in [0, 0.05) is 18.3 Å². The lowest BCUT2D eigenvalue weighted by Crippen LogP contribution is -2.61. The van der Waals surface area contributed by atoms with Crippen LogP contribution in [0.1, 0.15) is 369 Å². The maximum absolute atomic E-state index is 12.5. The van der Waals surface area contributed by atoms with E-state index in [0.29, 0.717) is 61.7 Å². The molecule has 0 aromatic heterocycles. The molecule has 12 atom stereocenters. The van der Waals surface area contributed by atoms with Gasteiger partial charge in [-0.2, -0.15) is 52.7 Å².